The lowest BCUT2D eigenvalue weighted by Crippen LogP contribution is -2.36. The molecule has 4 nitrogen and oxygen atoms in total. The zero-order valence-electron chi connectivity index (χ0n) is 11.3. The molecular weight excluding hydrogens is 309 g/mol. The molecule has 0 aliphatic heterocycles. The second-order valence-corrected chi connectivity index (χ2v) is 5.24. The summed E-state index contributed by atoms with van der Waals surface area (Å²) < 4.78 is 0. The number of halogens is 2. The van der Waals surface area contributed by atoms with Gasteiger partial charge in [0.2, 0.25) is 0 Å². The molecule has 110 valence electrons. The van der Waals surface area contributed by atoms with Crippen LogP contribution in [0.15, 0.2) is 42.6 Å². The van der Waals surface area contributed by atoms with Gasteiger partial charge >= 0.3 is 6.03 Å². The third kappa shape index (κ3) is 5.25. The molecule has 0 saturated carbocycles. The fraction of sp³-hybridized carbons (Fsp3) is 0.200. The highest BCUT2D eigenvalue weighted by Crippen LogP contribution is 2.22. The summed E-state index contributed by atoms with van der Waals surface area (Å²) in [6, 6.07) is 10.8. The summed E-state index contributed by atoms with van der Waals surface area (Å²) >= 11 is 11.7. The minimum Gasteiger partial charge on any atom is -0.338 e. The number of aromatic nitrogens is 1. The Kier molecular flexibility index (Phi) is 5.84. The molecule has 0 fully saturated rings. The van der Waals surface area contributed by atoms with Crippen LogP contribution in [0.4, 0.5) is 4.79 Å². The number of rotatable bonds is 5. The molecular formula is C15H15Cl2N3O. The van der Waals surface area contributed by atoms with Gasteiger partial charge in [-0.15, -0.1) is 0 Å². The predicted molar refractivity (Wildman–Crippen MR) is 84.6 cm³/mol. The van der Waals surface area contributed by atoms with Crippen molar-refractivity contribution in [3.63, 3.8) is 0 Å². The van der Waals surface area contributed by atoms with Crippen LogP contribution in [-0.4, -0.2) is 17.6 Å². The molecule has 0 aliphatic rings. The summed E-state index contributed by atoms with van der Waals surface area (Å²) in [5.41, 5.74) is 1.84. The normalized spacial score (nSPS) is 10.2. The Bertz CT molecular complexity index is 605. The largest absolute Gasteiger partial charge is 0.338 e. The number of carbonyl (C=O) groups excluding carboxylic acids is 1. The summed E-state index contributed by atoms with van der Waals surface area (Å²) in [5.74, 6) is 0. The maximum atomic E-state index is 11.7. The van der Waals surface area contributed by atoms with Gasteiger partial charge in [0, 0.05) is 31.4 Å². The van der Waals surface area contributed by atoms with E-state index in [0.29, 0.717) is 29.6 Å². The Morgan fingerprint density at radius 2 is 1.95 bits per heavy atom. The number of nitrogens with zero attached hydrogens (tertiary/aromatic N) is 1. The lowest BCUT2D eigenvalue weighted by atomic mass is 10.2. The van der Waals surface area contributed by atoms with Gasteiger partial charge in [0.15, 0.2) is 0 Å². The lowest BCUT2D eigenvalue weighted by Gasteiger charge is -2.08. The van der Waals surface area contributed by atoms with Crippen LogP contribution < -0.4 is 10.6 Å². The summed E-state index contributed by atoms with van der Waals surface area (Å²) in [7, 11) is 0. The fourth-order valence-electron chi connectivity index (χ4n) is 1.74. The van der Waals surface area contributed by atoms with Crippen molar-refractivity contribution in [1.29, 1.82) is 0 Å². The maximum Gasteiger partial charge on any atom is 0.315 e. The Hall–Kier alpha value is -1.78. The van der Waals surface area contributed by atoms with Crippen molar-refractivity contribution >= 4 is 29.2 Å². The minimum atomic E-state index is -0.225. The van der Waals surface area contributed by atoms with Gasteiger partial charge in [-0.3, -0.25) is 4.98 Å². The monoisotopic (exact) mass is 323 g/mol. The zero-order chi connectivity index (χ0) is 15.1. The van der Waals surface area contributed by atoms with Crippen molar-refractivity contribution in [2.75, 3.05) is 6.54 Å². The molecule has 1 heterocycles. The smallest absolute Gasteiger partial charge is 0.315 e. The average Bonchev–Trinajstić information content (AvgIpc) is 2.49. The van der Waals surface area contributed by atoms with Crippen molar-refractivity contribution in [3.8, 4) is 0 Å². The highest BCUT2D eigenvalue weighted by Gasteiger charge is 2.03. The number of pyridine rings is 1. The van der Waals surface area contributed by atoms with Crippen molar-refractivity contribution in [3.05, 3.63) is 63.9 Å². The molecule has 0 bridgehead atoms. The van der Waals surface area contributed by atoms with Gasteiger partial charge in [0.1, 0.15) is 0 Å². The number of urea groups is 1. The Morgan fingerprint density at radius 3 is 2.67 bits per heavy atom. The fourth-order valence-corrected chi connectivity index (χ4v) is 2.07. The molecule has 0 atom stereocenters. The van der Waals surface area contributed by atoms with Crippen LogP contribution in [-0.2, 0) is 13.0 Å². The second-order valence-electron chi connectivity index (χ2n) is 4.43. The van der Waals surface area contributed by atoms with Crippen molar-refractivity contribution in [2.45, 2.75) is 13.0 Å². The van der Waals surface area contributed by atoms with Gasteiger partial charge < -0.3 is 10.6 Å². The standard InChI is InChI=1S/C15H15Cl2N3O/c16-13-5-4-11(9-14(13)17)10-20-15(21)19-8-6-12-3-1-2-7-18-12/h1-5,7,9H,6,8,10H2,(H2,19,20,21). The quantitative estimate of drug-likeness (QED) is 0.885. The number of hydrogen-bond acceptors (Lipinski definition) is 2. The maximum absolute atomic E-state index is 11.7. The van der Waals surface area contributed by atoms with E-state index in [0.717, 1.165) is 11.3 Å². The Morgan fingerprint density at radius 1 is 1.10 bits per heavy atom. The number of carbonyl (C=O) groups is 1. The van der Waals surface area contributed by atoms with Crippen LogP contribution in [0.25, 0.3) is 0 Å². The topological polar surface area (TPSA) is 54.0 Å². The van der Waals surface area contributed by atoms with E-state index in [1.165, 1.54) is 0 Å². The van der Waals surface area contributed by atoms with Crippen LogP contribution in [0.5, 0.6) is 0 Å². The molecule has 1 aromatic heterocycles. The van der Waals surface area contributed by atoms with E-state index >= 15 is 0 Å². The van der Waals surface area contributed by atoms with Crippen molar-refractivity contribution in [2.24, 2.45) is 0 Å². The van der Waals surface area contributed by atoms with Crippen LogP contribution in [0.1, 0.15) is 11.3 Å². The number of benzene rings is 1. The number of nitrogens with one attached hydrogen (secondary N) is 2. The van der Waals surface area contributed by atoms with Gasteiger partial charge in [0.05, 0.1) is 10.0 Å². The molecule has 0 aliphatic carbocycles. The van der Waals surface area contributed by atoms with Gasteiger partial charge in [-0.05, 0) is 29.8 Å². The molecule has 0 unspecified atom stereocenters. The molecule has 0 radical (unpaired) electrons. The second kappa shape index (κ2) is 7.86. The predicted octanol–water partition coefficient (Wildman–Crippen LogP) is 3.43. The molecule has 6 heteroatoms. The zero-order valence-corrected chi connectivity index (χ0v) is 12.8. The van der Waals surface area contributed by atoms with Crippen LogP contribution in [0.2, 0.25) is 10.0 Å². The molecule has 21 heavy (non-hydrogen) atoms. The average molecular weight is 324 g/mol. The first-order chi connectivity index (χ1) is 10.1. The molecule has 2 N–H and O–H groups in total. The van der Waals surface area contributed by atoms with E-state index in [-0.39, 0.29) is 6.03 Å². The summed E-state index contributed by atoms with van der Waals surface area (Å²) in [6.07, 6.45) is 2.43. The lowest BCUT2D eigenvalue weighted by molar-refractivity contribution is 0.240. The van der Waals surface area contributed by atoms with E-state index in [2.05, 4.69) is 15.6 Å². The van der Waals surface area contributed by atoms with Crippen molar-refractivity contribution in [1.82, 2.24) is 15.6 Å². The third-order valence-corrected chi connectivity index (χ3v) is 3.57. The van der Waals surface area contributed by atoms with E-state index in [1.807, 2.05) is 24.3 Å². The third-order valence-electron chi connectivity index (χ3n) is 2.83. The van der Waals surface area contributed by atoms with E-state index in [4.69, 9.17) is 23.2 Å². The molecule has 0 spiro atoms. The first-order valence-corrected chi connectivity index (χ1v) is 7.26. The summed E-state index contributed by atoms with van der Waals surface area (Å²) in [6.45, 7) is 0.927. The molecule has 2 aromatic rings. The molecule has 1 aromatic carbocycles. The summed E-state index contributed by atoms with van der Waals surface area (Å²) in [5, 5.41) is 6.52. The van der Waals surface area contributed by atoms with E-state index < -0.39 is 0 Å². The molecule has 2 rings (SSSR count). The van der Waals surface area contributed by atoms with Crippen LogP contribution in [0, 0.1) is 0 Å². The highest BCUT2D eigenvalue weighted by molar-refractivity contribution is 6.42. The summed E-state index contributed by atoms with van der Waals surface area (Å²) in [4.78, 5) is 15.8. The number of amides is 2. The SMILES string of the molecule is O=C(NCCc1ccccn1)NCc1ccc(Cl)c(Cl)c1. The van der Waals surface area contributed by atoms with Gasteiger partial charge in [0.25, 0.3) is 0 Å². The molecule has 0 saturated heterocycles. The highest BCUT2D eigenvalue weighted by atomic mass is 35.5. The van der Waals surface area contributed by atoms with Gasteiger partial charge in [-0.2, -0.15) is 0 Å². The van der Waals surface area contributed by atoms with E-state index in [9.17, 15) is 4.79 Å². The molecule has 2 amide bonds. The van der Waals surface area contributed by atoms with Crippen LogP contribution >= 0.6 is 23.2 Å². The van der Waals surface area contributed by atoms with Gasteiger partial charge in [-0.1, -0.05) is 35.3 Å². The first kappa shape index (κ1) is 15.6. The van der Waals surface area contributed by atoms with Crippen molar-refractivity contribution < 1.29 is 4.79 Å². The first-order valence-electron chi connectivity index (χ1n) is 6.50. The van der Waals surface area contributed by atoms with Crippen LogP contribution in [0.3, 0.4) is 0 Å². The van der Waals surface area contributed by atoms with Gasteiger partial charge in [-0.25, -0.2) is 4.79 Å². The Balaban J connectivity index is 1.71. The number of hydrogen-bond donors (Lipinski definition) is 2. The Labute approximate surface area is 133 Å². The minimum absolute atomic E-state index is 0.225. The van der Waals surface area contributed by atoms with E-state index in [1.54, 1.807) is 18.3 Å².